The van der Waals surface area contributed by atoms with Crippen molar-refractivity contribution in [3.63, 3.8) is 0 Å². The number of benzene rings is 2. The van der Waals surface area contributed by atoms with Gasteiger partial charge in [0, 0.05) is 11.8 Å². The van der Waals surface area contributed by atoms with Crippen LogP contribution in [0.5, 0.6) is 0 Å². The standard InChI is InChI=1S/C17H14FNO/c1-12-4-2-3-5-15(12)17(20)11-19-9-8-13-6-7-14(18)10-16(13)19/h2-10H,11H2,1H3. The molecule has 0 radical (unpaired) electrons. The molecule has 20 heavy (non-hydrogen) atoms. The van der Waals surface area contributed by atoms with E-state index in [-0.39, 0.29) is 18.1 Å². The summed E-state index contributed by atoms with van der Waals surface area (Å²) in [6.07, 6.45) is 1.82. The van der Waals surface area contributed by atoms with Gasteiger partial charge in [-0.1, -0.05) is 24.3 Å². The van der Waals surface area contributed by atoms with Gasteiger partial charge in [-0.05, 0) is 42.1 Å². The molecule has 1 aromatic heterocycles. The van der Waals surface area contributed by atoms with E-state index in [1.165, 1.54) is 12.1 Å². The number of hydrogen-bond donors (Lipinski definition) is 0. The second-order valence-corrected chi connectivity index (χ2v) is 4.88. The van der Waals surface area contributed by atoms with Crippen LogP contribution in [-0.2, 0) is 6.54 Å². The van der Waals surface area contributed by atoms with Crippen LogP contribution in [0, 0.1) is 12.7 Å². The molecule has 3 heteroatoms. The Morgan fingerprint density at radius 3 is 2.75 bits per heavy atom. The smallest absolute Gasteiger partial charge is 0.182 e. The molecular formula is C17H14FNO. The van der Waals surface area contributed by atoms with Crippen LogP contribution in [-0.4, -0.2) is 10.4 Å². The van der Waals surface area contributed by atoms with Crippen molar-refractivity contribution < 1.29 is 9.18 Å². The molecule has 0 unspecified atom stereocenters. The van der Waals surface area contributed by atoms with Gasteiger partial charge in [0.05, 0.1) is 12.1 Å². The predicted octanol–water partition coefficient (Wildman–Crippen LogP) is 3.97. The number of halogens is 1. The van der Waals surface area contributed by atoms with E-state index < -0.39 is 0 Å². The summed E-state index contributed by atoms with van der Waals surface area (Å²) in [7, 11) is 0. The van der Waals surface area contributed by atoms with Crippen LogP contribution in [0.25, 0.3) is 10.9 Å². The largest absolute Gasteiger partial charge is 0.340 e. The fraction of sp³-hybridized carbons (Fsp3) is 0.118. The molecule has 0 aliphatic heterocycles. The first-order valence-electron chi connectivity index (χ1n) is 6.48. The Labute approximate surface area is 116 Å². The van der Waals surface area contributed by atoms with Crippen molar-refractivity contribution >= 4 is 16.7 Å². The van der Waals surface area contributed by atoms with Crippen molar-refractivity contribution in [1.82, 2.24) is 4.57 Å². The summed E-state index contributed by atoms with van der Waals surface area (Å²) in [6, 6.07) is 14.0. The summed E-state index contributed by atoms with van der Waals surface area (Å²) in [5.74, 6) is -0.259. The Balaban J connectivity index is 1.96. The molecule has 0 saturated heterocycles. The lowest BCUT2D eigenvalue weighted by atomic mass is 10.1. The monoisotopic (exact) mass is 267 g/mol. The molecule has 0 aliphatic rings. The van der Waals surface area contributed by atoms with Crippen LogP contribution in [0.3, 0.4) is 0 Å². The first kappa shape index (κ1) is 12.6. The van der Waals surface area contributed by atoms with Crippen LogP contribution in [0.15, 0.2) is 54.7 Å². The minimum atomic E-state index is -0.291. The fourth-order valence-electron chi connectivity index (χ4n) is 2.42. The molecule has 100 valence electrons. The normalized spacial score (nSPS) is 10.9. The zero-order valence-electron chi connectivity index (χ0n) is 11.1. The number of fused-ring (bicyclic) bond motifs is 1. The molecule has 2 aromatic carbocycles. The van der Waals surface area contributed by atoms with Crippen molar-refractivity contribution in [2.24, 2.45) is 0 Å². The van der Waals surface area contributed by atoms with Crippen LogP contribution in [0.1, 0.15) is 15.9 Å². The lowest BCUT2D eigenvalue weighted by Gasteiger charge is -2.07. The Hall–Kier alpha value is -2.42. The number of ketones is 1. The minimum absolute atomic E-state index is 0.0323. The quantitative estimate of drug-likeness (QED) is 0.658. The van der Waals surface area contributed by atoms with Gasteiger partial charge in [-0.15, -0.1) is 0 Å². The molecule has 0 spiro atoms. The molecule has 0 bridgehead atoms. The lowest BCUT2D eigenvalue weighted by Crippen LogP contribution is -2.10. The molecule has 0 fully saturated rings. The lowest BCUT2D eigenvalue weighted by molar-refractivity contribution is 0.0973. The van der Waals surface area contributed by atoms with Crippen LogP contribution < -0.4 is 0 Å². The Bertz CT molecular complexity index is 789. The summed E-state index contributed by atoms with van der Waals surface area (Å²) in [5.41, 5.74) is 2.41. The van der Waals surface area contributed by atoms with Crippen molar-refractivity contribution in [3.05, 3.63) is 71.7 Å². The molecule has 3 aromatic rings. The van der Waals surface area contributed by atoms with Gasteiger partial charge < -0.3 is 4.57 Å². The van der Waals surface area contributed by atoms with Gasteiger partial charge in [0.15, 0.2) is 5.78 Å². The van der Waals surface area contributed by atoms with Crippen LogP contribution in [0.4, 0.5) is 4.39 Å². The van der Waals surface area contributed by atoms with Gasteiger partial charge in [0.1, 0.15) is 5.82 Å². The van der Waals surface area contributed by atoms with Gasteiger partial charge in [0.2, 0.25) is 0 Å². The maximum atomic E-state index is 13.3. The average molecular weight is 267 g/mol. The number of aryl methyl sites for hydroxylation is 1. The number of carbonyl (C=O) groups is 1. The van der Waals surface area contributed by atoms with Gasteiger partial charge in [-0.25, -0.2) is 4.39 Å². The first-order chi connectivity index (χ1) is 9.65. The van der Waals surface area contributed by atoms with E-state index in [0.717, 1.165) is 16.5 Å². The number of carbonyl (C=O) groups excluding carboxylic acids is 1. The van der Waals surface area contributed by atoms with Crippen LogP contribution in [0.2, 0.25) is 0 Å². The van der Waals surface area contributed by atoms with E-state index in [1.54, 1.807) is 10.6 Å². The van der Waals surface area contributed by atoms with E-state index in [9.17, 15) is 9.18 Å². The van der Waals surface area contributed by atoms with Gasteiger partial charge in [0.25, 0.3) is 0 Å². The highest BCUT2D eigenvalue weighted by atomic mass is 19.1. The Morgan fingerprint density at radius 1 is 1.15 bits per heavy atom. The summed E-state index contributed by atoms with van der Waals surface area (Å²) < 4.78 is 15.1. The molecule has 1 heterocycles. The third kappa shape index (κ3) is 2.23. The maximum absolute atomic E-state index is 13.3. The Kier molecular flexibility index (Phi) is 3.11. The molecule has 0 N–H and O–H groups in total. The molecule has 3 rings (SSSR count). The molecule has 2 nitrogen and oxygen atoms in total. The summed E-state index contributed by atoms with van der Waals surface area (Å²) in [5, 5.41) is 0.934. The third-order valence-corrected chi connectivity index (χ3v) is 3.50. The van der Waals surface area contributed by atoms with Crippen molar-refractivity contribution in [2.45, 2.75) is 13.5 Å². The molecule has 0 amide bonds. The van der Waals surface area contributed by atoms with E-state index in [4.69, 9.17) is 0 Å². The third-order valence-electron chi connectivity index (χ3n) is 3.50. The second kappa shape index (κ2) is 4.93. The van der Waals surface area contributed by atoms with Crippen molar-refractivity contribution in [2.75, 3.05) is 0 Å². The maximum Gasteiger partial charge on any atom is 0.182 e. The van der Waals surface area contributed by atoms with E-state index in [0.29, 0.717) is 5.56 Å². The zero-order chi connectivity index (χ0) is 14.1. The van der Waals surface area contributed by atoms with E-state index in [1.807, 2.05) is 43.5 Å². The highest BCUT2D eigenvalue weighted by Crippen LogP contribution is 2.18. The summed E-state index contributed by atoms with van der Waals surface area (Å²) >= 11 is 0. The van der Waals surface area contributed by atoms with Gasteiger partial charge in [-0.2, -0.15) is 0 Å². The van der Waals surface area contributed by atoms with Gasteiger partial charge in [-0.3, -0.25) is 4.79 Å². The zero-order valence-corrected chi connectivity index (χ0v) is 11.1. The number of hydrogen-bond acceptors (Lipinski definition) is 1. The first-order valence-corrected chi connectivity index (χ1v) is 6.48. The summed E-state index contributed by atoms with van der Waals surface area (Å²) in [6.45, 7) is 2.14. The fourth-order valence-corrected chi connectivity index (χ4v) is 2.42. The highest BCUT2D eigenvalue weighted by Gasteiger charge is 2.11. The van der Waals surface area contributed by atoms with Gasteiger partial charge >= 0.3 is 0 Å². The molecule has 0 aliphatic carbocycles. The average Bonchev–Trinajstić information content (AvgIpc) is 2.82. The highest BCUT2D eigenvalue weighted by molar-refractivity contribution is 5.98. The van der Waals surface area contributed by atoms with Crippen molar-refractivity contribution in [1.29, 1.82) is 0 Å². The predicted molar refractivity (Wildman–Crippen MR) is 77.4 cm³/mol. The Morgan fingerprint density at radius 2 is 1.95 bits per heavy atom. The topological polar surface area (TPSA) is 22.0 Å². The number of rotatable bonds is 3. The van der Waals surface area contributed by atoms with E-state index in [2.05, 4.69) is 0 Å². The van der Waals surface area contributed by atoms with Crippen molar-refractivity contribution in [3.8, 4) is 0 Å². The van der Waals surface area contributed by atoms with E-state index >= 15 is 0 Å². The number of aromatic nitrogens is 1. The summed E-state index contributed by atoms with van der Waals surface area (Å²) in [4.78, 5) is 12.3. The number of nitrogens with zero attached hydrogens (tertiary/aromatic N) is 1. The molecular weight excluding hydrogens is 253 g/mol. The minimum Gasteiger partial charge on any atom is -0.340 e. The molecule has 0 atom stereocenters. The van der Waals surface area contributed by atoms with Crippen LogP contribution >= 0.6 is 0 Å². The molecule has 0 saturated carbocycles. The SMILES string of the molecule is Cc1ccccc1C(=O)Cn1ccc2ccc(F)cc21. The number of Topliss-reactive ketones (excluding diaryl/α,β-unsaturated/α-hetero) is 1. The second-order valence-electron chi connectivity index (χ2n) is 4.88.